The Labute approximate surface area is 79.5 Å². The summed E-state index contributed by atoms with van der Waals surface area (Å²) >= 11 is 0. The van der Waals surface area contributed by atoms with Crippen molar-refractivity contribution in [2.45, 2.75) is 12.8 Å². The molecule has 0 bridgehead atoms. The van der Waals surface area contributed by atoms with E-state index in [9.17, 15) is 18.4 Å². The number of aliphatic hydroxyl groups excluding tert-OH is 1. The largest absolute Gasteiger partial charge is 0.390 e. The molecule has 0 fully saturated rings. The fourth-order valence-corrected chi connectivity index (χ4v) is 0.551. The molecule has 0 aliphatic heterocycles. The number of carbonyl (C=O) groups excluding carboxylic acids is 2. The van der Waals surface area contributed by atoms with E-state index in [-0.39, 0.29) is 6.54 Å². The maximum Gasteiger partial charge on any atom is 0.287 e. The van der Waals surface area contributed by atoms with Gasteiger partial charge in [0.05, 0.1) is 13.1 Å². The Hall–Kier alpha value is -1.24. The number of alkyl halides is 2. The summed E-state index contributed by atoms with van der Waals surface area (Å²) in [6, 6.07) is 0. The van der Waals surface area contributed by atoms with Crippen molar-refractivity contribution in [2.75, 3.05) is 19.7 Å². The monoisotopic (exact) mass is 210 g/mol. The Balaban J connectivity index is 3.69. The lowest BCUT2D eigenvalue weighted by Gasteiger charge is -2.13. The molecule has 14 heavy (non-hydrogen) atoms. The lowest BCUT2D eigenvalue weighted by atomic mass is 10.3. The molecule has 0 rings (SSSR count). The third-order valence-electron chi connectivity index (χ3n) is 1.27. The maximum absolute atomic E-state index is 12.4. The van der Waals surface area contributed by atoms with Crippen LogP contribution in [0.3, 0.4) is 0 Å². The van der Waals surface area contributed by atoms with Crippen LogP contribution in [0, 0.1) is 0 Å². The highest BCUT2D eigenvalue weighted by Gasteiger charge is 2.27. The van der Waals surface area contributed by atoms with Crippen molar-refractivity contribution in [2.24, 2.45) is 0 Å². The first-order valence-corrected chi connectivity index (χ1v) is 3.87. The molecular formula is C7H12F2N2O3. The summed E-state index contributed by atoms with van der Waals surface area (Å²) in [5, 5.41) is 12.2. The number of carbonyl (C=O) groups is 2. The zero-order chi connectivity index (χ0) is 11.2. The van der Waals surface area contributed by atoms with Gasteiger partial charge in [-0.1, -0.05) is 0 Å². The summed E-state index contributed by atoms with van der Waals surface area (Å²) in [6.07, 6.45) is 0. The number of rotatable bonds is 5. The van der Waals surface area contributed by atoms with E-state index in [2.05, 4.69) is 5.32 Å². The quantitative estimate of drug-likeness (QED) is 0.537. The van der Waals surface area contributed by atoms with E-state index in [1.807, 2.05) is 5.32 Å². The Bertz CT molecular complexity index is 221. The molecule has 0 heterocycles. The van der Waals surface area contributed by atoms with Gasteiger partial charge >= 0.3 is 0 Å². The van der Waals surface area contributed by atoms with E-state index in [0.717, 1.165) is 0 Å². The molecule has 0 aromatic heterocycles. The summed E-state index contributed by atoms with van der Waals surface area (Å²) < 4.78 is 24.7. The minimum Gasteiger partial charge on any atom is -0.390 e. The number of hydrogen-bond acceptors (Lipinski definition) is 3. The van der Waals surface area contributed by atoms with Crippen LogP contribution in [0.2, 0.25) is 0 Å². The van der Waals surface area contributed by atoms with E-state index in [1.165, 1.54) is 6.92 Å². The van der Waals surface area contributed by atoms with Gasteiger partial charge in [-0.3, -0.25) is 9.59 Å². The van der Waals surface area contributed by atoms with Crippen molar-refractivity contribution in [3.63, 3.8) is 0 Å². The second-order valence-corrected chi connectivity index (χ2v) is 2.70. The summed E-state index contributed by atoms with van der Waals surface area (Å²) in [5.41, 5.74) is 0. The summed E-state index contributed by atoms with van der Waals surface area (Å²) in [5.74, 6) is -4.48. The molecule has 0 saturated carbocycles. The van der Waals surface area contributed by atoms with Gasteiger partial charge in [-0.2, -0.15) is 0 Å². The van der Waals surface area contributed by atoms with Crippen molar-refractivity contribution in [1.29, 1.82) is 0 Å². The number of amides is 2. The van der Waals surface area contributed by atoms with Crippen LogP contribution in [0.15, 0.2) is 0 Å². The SMILES string of the molecule is CC(=O)NCC(=O)NCC(F)(F)CO. The van der Waals surface area contributed by atoms with Crippen LogP contribution < -0.4 is 10.6 Å². The van der Waals surface area contributed by atoms with Crippen LogP contribution >= 0.6 is 0 Å². The number of hydrogen-bond donors (Lipinski definition) is 3. The normalized spacial score (nSPS) is 10.9. The molecule has 0 aliphatic carbocycles. The van der Waals surface area contributed by atoms with Gasteiger partial charge in [-0.15, -0.1) is 0 Å². The predicted molar refractivity (Wildman–Crippen MR) is 43.7 cm³/mol. The first kappa shape index (κ1) is 12.8. The third-order valence-corrected chi connectivity index (χ3v) is 1.27. The zero-order valence-corrected chi connectivity index (χ0v) is 7.64. The van der Waals surface area contributed by atoms with E-state index < -0.39 is 30.9 Å². The standard InChI is InChI=1S/C7H12F2N2O3/c1-5(13)10-2-6(14)11-3-7(8,9)4-12/h12H,2-4H2,1H3,(H,10,13)(H,11,14). The number of halogens is 2. The molecule has 0 atom stereocenters. The third kappa shape index (κ3) is 6.30. The second kappa shape index (κ2) is 5.48. The molecular weight excluding hydrogens is 198 g/mol. The van der Waals surface area contributed by atoms with Gasteiger partial charge in [-0.05, 0) is 0 Å². The van der Waals surface area contributed by atoms with Crippen LogP contribution in [0.25, 0.3) is 0 Å². The molecule has 0 aromatic rings. The van der Waals surface area contributed by atoms with Gasteiger partial charge in [0.1, 0.15) is 6.61 Å². The summed E-state index contributed by atoms with van der Waals surface area (Å²) in [4.78, 5) is 21.1. The van der Waals surface area contributed by atoms with Crippen molar-refractivity contribution in [1.82, 2.24) is 10.6 Å². The smallest absolute Gasteiger partial charge is 0.287 e. The molecule has 2 amide bonds. The lowest BCUT2D eigenvalue weighted by molar-refractivity contribution is -0.126. The molecule has 0 spiro atoms. The van der Waals surface area contributed by atoms with Gasteiger partial charge in [0.15, 0.2) is 0 Å². The van der Waals surface area contributed by atoms with Crippen molar-refractivity contribution < 1.29 is 23.5 Å². The molecule has 0 saturated heterocycles. The fraction of sp³-hybridized carbons (Fsp3) is 0.714. The van der Waals surface area contributed by atoms with E-state index in [4.69, 9.17) is 5.11 Å². The van der Waals surface area contributed by atoms with Crippen LogP contribution in [0.5, 0.6) is 0 Å². The number of nitrogens with one attached hydrogen (secondary N) is 2. The second-order valence-electron chi connectivity index (χ2n) is 2.70. The highest BCUT2D eigenvalue weighted by molar-refractivity contribution is 5.83. The molecule has 82 valence electrons. The van der Waals surface area contributed by atoms with Gasteiger partial charge in [0.2, 0.25) is 11.8 Å². The summed E-state index contributed by atoms with van der Waals surface area (Å²) in [6.45, 7) is -1.41. The molecule has 7 heteroatoms. The van der Waals surface area contributed by atoms with Crippen LogP contribution in [-0.4, -0.2) is 42.5 Å². The Morgan fingerprint density at radius 3 is 2.36 bits per heavy atom. The lowest BCUT2D eigenvalue weighted by Crippen LogP contribution is -2.43. The Morgan fingerprint density at radius 2 is 1.93 bits per heavy atom. The number of aliphatic hydroxyl groups is 1. The molecule has 5 nitrogen and oxygen atoms in total. The fourth-order valence-electron chi connectivity index (χ4n) is 0.551. The van der Waals surface area contributed by atoms with Gasteiger partial charge in [0, 0.05) is 6.92 Å². The highest BCUT2D eigenvalue weighted by atomic mass is 19.3. The summed E-state index contributed by atoms with van der Waals surface area (Å²) in [7, 11) is 0. The highest BCUT2D eigenvalue weighted by Crippen LogP contribution is 2.09. The van der Waals surface area contributed by atoms with E-state index >= 15 is 0 Å². The van der Waals surface area contributed by atoms with E-state index in [0.29, 0.717) is 0 Å². The average Bonchev–Trinajstić information content (AvgIpc) is 2.11. The Kier molecular flexibility index (Phi) is 5.00. The molecule has 0 radical (unpaired) electrons. The van der Waals surface area contributed by atoms with Crippen LogP contribution in [-0.2, 0) is 9.59 Å². The van der Waals surface area contributed by atoms with Crippen molar-refractivity contribution in [3.8, 4) is 0 Å². The topological polar surface area (TPSA) is 78.4 Å². The first-order valence-electron chi connectivity index (χ1n) is 3.87. The van der Waals surface area contributed by atoms with Crippen LogP contribution in [0.4, 0.5) is 8.78 Å². The van der Waals surface area contributed by atoms with Gasteiger partial charge < -0.3 is 15.7 Å². The average molecular weight is 210 g/mol. The van der Waals surface area contributed by atoms with Crippen LogP contribution in [0.1, 0.15) is 6.92 Å². The van der Waals surface area contributed by atoms with Crippen molar-refractivity contribution in [3.05, 3.63) is 0 Å². The predicted octanol–water partition coefficient (Wildman–Crippen LogP) is -1.13. The molecule has 0 aliphatic rings. The zero-order valence-electron chi connectivity index (χ0n) is 7.64. The molecule has 3 N–H and O–H groups in total. The maximum atomic E-state index is 12.4. The molecule has 0 unspecified atom stereocenters. The van der Waals surface area contributed by atoms with E-state index in [1.54, 1.807) is 0 Å². The molecule has 0 aromatic carbocycles. The Morgan fingerprint density at radius 1 is 1.36 bits per heavy atom. The van der Waals surface area contributed by atoms with Gasteiger partial charge in [0.25, 0.3) is 5.92 Å². The minimum absolute atomic E-state index is 0.350. The van der Waals surface area contributed by atoms with Crippen molar-refractivity contribution >= 4 is 11.8 Å². The van der Waals surface area contributed by atoms with Gasteiger partial charge in [-0.25, -0.2) is 8.78 Å². The first-order chi connectivity index (χ1) is 6.37. The minimum atomic E-state index is -3.33.